The van der Waals surface area contributed by atoms with E-state index in [1.807, 2.05) is 18.2 Å². The molecule has 0 radical (unpaired) electrons. The van der Waals surface area contributed by atoms with Crippen LogP contribution < -0.4 is 11.1 Å². The van der Waals surface area contributed by atoms with Crippen molar-refractivity contribution in [2.45, 2.75) is 19.8 Å². The fourth-order valence-electron chi connectivity index (χ4n) is 2.06. The third kappa shape index (κ3) is 2.34. The van der Waals surface area contributed by atoms with Crippen molar-refractivity contribution in [2.75, 3.05) is 17.6 Å². The maximum atomic E-state index is 6.01. The average Bonchev–Trinajstić information content (AvgIpc) is 3.02. The molecule has 4 N–H and O–H groups in total. The fraction of sp³-hybridized carbons (Fsp3) is 0.286. The molecule has 5 nitrogen and oxygen atoms in total. The quantitative estimate of drug-likeness (QED) is 0.628. The first-order valence-electron chi connectivity index (χ1n) is 6.73. The number of para-hydroxylation sites is 1. The molecule has 104 valence electrons. The van der Waals surface area contributed by atoms with E-state index in [0.717, 1.165) is 46.0 Å². The number of hydrogen-bond acceptors (Lipinski definition) is 5. The second-order valence-corrected chi connectivity index (χ2v) is 5.66. The normalized spacial score (nSPS) is 11.1. The molecule has 0 unspecified atom stereocenters. The lowest BCUT2D eigenvalue weighted by Crippen LogP contribution is -2.02. The molecule has 0 saturated heterocycles. The van der Waals surface area contributed by atoms with Crippen LogP contribution in [0.2, 0.25) is 0 Å². The molecular weight excluding hydrogens is 270 g/mol. The molecule has 1 aromatic carbocycles. The molecule has 2 aromatic heterocycles. The van der Waals surface area contributed by atoms with E-state index in [-0.39, 0.29) is 0 Å². The first kappa shape index (κ1) is 12.9. The highest BCUT2D eigenvalue weighted by Crippen LogP contribution is 2.36. The Morgan fingerprint density at radius 3 is 3.00 bits per heavy atom. The van der Waals surface area contributed by atoms with Crippen molar-refractivity contribution in [1.29, 1.82) is 0 Å². The number of nitrogens with one attached hydrogen (secondary N) is 2. The van der Waals surface area contributed by atoms with Gasteiger partial charge in [0.15, 0.2) is 5.82 Å². The van der Waals surface area contributed by atoms with Crippen molar-refractivity contribution in [2.24, 2.45) is 0 Å². The van der Waals surface area contributed by atoms with E-state index in [2.05, 4.69) is 33.5 Å². The van der Waals surface area contributed by atoms with Gasteiger partial charge in [-0.25, -0.2) is 4.98 Å². The van der Waals surface area contributed by atoms with Gasteiger partial charge in [0.05, 0.1) is 15.8 Å². The van der Waals surface area contributed by atoms with Crippen molar-refractivity contribution in [3.8, 4) is 10.6 Å². The number of hydrogen-bond donors (Lipinski definition) is 3. The number of nitrogens with zero attached hydrogens (tertiary/aromatic N) is 2. The zero-order chi connectivity index (χ0) is 13.9. The number of thiazole rings is 1. The first-order valence-corrected chi connectivity index (χ1v) is 7.55. The third-order valence-electron chi connectivity index (χ3n) is 3.12. The third-order valence-corrected chi connectivity index (χ3v) is 4.18. The van der Waals surface area contributed by atoms with Gasteiger partial charge in [-0.3, -0.25) is 5.10 Å². The molecule has 0 fully saturated rings. The Labute approximate surface area is 121 Å². The second-order valence-electron chi connectivity index (χ2n) is 4.63. The highest BCUT2D eigenvalue weighted by atomic mass is 32.1. The largest absolute Gasteiger partial charge is 0.383 e. The van der Waals surface area contributed by atoms with E-state index in [1.165, 1.54) is 0 Å². The van der Waals surface area contributed by atoms with Crippen LogP contribution in [-0.4, -0.2) is 21.7 Å². The number of H-pyrrole nitrogens is 1. The molecule has 0 aliphatic rings. The average molecular weight is 287 g/mol. The Morgan fingerprint density at radius 1 is 1.35 bits per heavy atom. The summed E-state index contributed by atoms with van der Waals surface area (Å²) in [5, 5.41) is 11.3. The lowest BCUT2D eigenvalue weighted by molar-refractivity contribution is 0.830. The summed E-state index contributed by atoms with van der Waals surface area (Å²) in [5.41, 5.74) is 7.88. The number of unbranched alkanes of at least 4 members (excludes halogenated alkanes) is 1. The topological polar surface area (TPSA) is 79.6 Å². The molecule has 6 heteroatoms. The maximum Gasteiger partial charge on any atom is 0.160 e. The molecule has 2 heterocycles. The summed E-state index contributed by atoms with van der Waals surface area (Å²) in [4.78, 5) is 4.64. The van der Waals surface area contributed by atoms with Crippen LogP contribution in [0.4, 0.5) is 11.6 Å². The number of aromatic nitrogens is 3. The smallest absolute Gasteiger partial charge is 0.160 e. The van der Waals surface area contributed by atoms with Gasteiger partial charge in [0, 0.05) is 6.54 Å². The maximum absolute atomic E-state index is 6.01. The van der Waals surface area contributed by atoms with E-state index in [0.29, 0.717) is 5.82 Å². The molecule has 20 heavy (non-hydrogen) atoms. The summed E-state index contributed by atoms with van der Waals surface area (Å²) in [6.07, 6.45) is 2.25. The lowest BCUT2D eigenvalue weighted by atomic mass is 10.3. The summed E-state index contributed by atoms with van der Waals surface area (Å²) in [5.74, 6) is 1.35. The van der Waals surface area contributed by atoms with Crippen LogP contribution in [-0.2, 0) is 0 Å². The van der Waals surface area contributed by atoms with Gasteiger partial charge in [0.2, 0.25) is 0 Å². The zero-order valence-corrected chi connectivity index (χ0v) is 12.1. The second kappa shape index (κ2) is 5.50. The van der Waals surface area contributed by atoms with E-state index in [4.69, 9.17) is 5.73 Å². The summed E-state index contributed by atoms with van der Waals surface area (Å²) in [6.45, 7) is 3.05. The van der Waals surface area contributed by atoms with Crippen molar-refractivity contribution in [1.82, 2.24) is 15.2 Å². The number of rotatable bonds is 5. The molecule has 0 amide bonds. The minimum absolute atomic E-state index is 0.558. The highest BCUT2D eigenvalue weighted by molar-refractivity contribution is 7.21. The van der Waals surface area contributed by atoms with Gasteiger partial charge in [-0.05, 0) is 18.6 Å². The number of nitrogens with two attached hydrogens (primary N) is 1. The van der Waals surface area contributed by atoms with E-state index < -0.39 is 0 Å². The van der Waals surface area contributed by atoms with Crippen LogP contribution in [0.25, 0.3) is 20.8 Å². The molecule has 0 aliphatic carbocycles. The first-order chi connectivity index (χ1) is 9.79. The van der Waals surface area contributed by atoms with Crippen molar-refractivity contribution in [3.05, 3.63) is 24.3 Å². The van der Waals surface area contributed by atoms with Crippen molar-refractivity contribution in [3.63, 3.8) is 0 Å². The monoisotopic (exact) mass is 287 g/mol. The van der Waals surface area contributed by atoms with Gasteiger partial charge in [0.25, 0.3) is 0 Å². The number of aromatic amines is 1. The predicted molar refractivity (Wildman–Crippen MR) is 85.0 cm³/mol. The molecule has 0 saturated carbocycles. The Morgan fingerprint density at radius 2 is 2.20 bits per heavy atom. The van der Waals surface area contributed by atoms with Crippen molar-refractivity contribution >= 4 is 33.2 Å². The number of fused-ring (bicyclic) bond motifs is 1. The van der Waals surface area contributed by atoms with E-state index in [9.17, 15) is 0 Å². The molecule has 0 atom stereocenters. The van der Waals surface area contributed by atoms with Crippen LogP contribution in [0.3, 0.4) is 0 Å². The fourth-order valence-corrected chi connectivity index (χ4v) is 3.09. The van der Waals surface area contributed by atoms with Gasteiger partial charge >= 0.3 is 0 Å². The van der Waals surface area contributed by atoms with Crippen LogP contribution in [0.5, 0.6) is 0 Å². The van der Waals surface area contributed by atoms with E-state index in [1.54, 1.807) is 11.3 Å². The van der Waals surface area contributed by atoms with Crippen LogP contribution in [0, 0.1) is 0 Å². The Bertz CT molecular complexity index is 682. The van der Waals surface area contributed by atoms with Gasteiger partial charge in [-0.1, -0.05) is 25.5 Å². The zero-order valence-electron chi connectivity index (χ0n) is 11.3. The number of anilines is 2. The van der Waals surface area contributed by atoms with Gasteiger partial charge in [-0.15, -0.1) is 11.3 Å². The Kier molecular flexibility index (Phi) is 3.56. The molecular formula is C14H17N5S. The lowest BCUT2D eigenvalue weighted by Gasteiger charge is -2.03. The molecule has 0 spiro atoms. The van der Waals surface area contributed by atoms with Gasteiger partial charge in [-0.2, -0.15) is 5.10 Å². The summed E-state index contributed by atoms with van der Waals surface area (Å²) >= 11 is 1.63. The number of benzene rings is 1. The SMILES string of the molecule is CCCCNc1n[nH]c(N)c1-c1nc2ccccc2s1. The standard InChI is InChI=1S/C14H17N5S/c1-2-3-8-16-13-11(12(15)18-19-13)14-17-9-6-4-5-7-10(9)20-14/h4-7H,2-3,8H2,1H3,(H4,15,16,18,19). The minimum atomic E-state index is 0.558. The van der Waals surface area contributed by atoms with Crippen LogP contribution in [0.1, 0.15) is 19.8 Å². The Balaban J connectivity index is 1.98. The van der Waals surface area contributed by atoms with E-state index >= 15 is 0 Å². The van der Waals surface area contributed by atoms with Gasteiger partial charge < -0.3 is 11.1 Å². The number of nitrogen functional groups attached to an aromatic ring is 1. The Hall–Kier alpha value is -2.08. The van der Waals surface area contributed by atoms with Crippen LogP contribution >= 0.6 is 11.3 Å². The summed E-state index contributed by atoms with van der Waals surface area (Å²) in [6, 6.07) is 8.08. The molecule has 0 aliphatic heterocycles. The minimum Gasteiger partial charge on any atom is -0.383 e. The highest BCUT2D eigenvalue weighted by Gasteiger charge is 2.16. The molecule has 3 rings (SSSR count). The van der Waals surface area contributed by atoms with Gasteiger partial charge in [0.1, 0.15) is 10.8 Å². The molecule has 0 bridgehead atoms. The van der Waals surface area contributed by atoms with Crippen LogP contribution in [0.15, 0.2) is 24.3 Å². The molecule has 3 aromatic rings. The predicted octanol–water partition coefficient (Wildman–Crippen LogP) is 3.48. The van der Waals surface area contributed by atoms with Crippen molar-refractivity contribution < 1.29 is 0 Å². The summed E-state index contributed by atoms with van der Waals surface area (Å²) in [7, 11) is 0. The summed E-state index contributed by atoms with van der Waals surface area (Å²) < 4.78 is 1.16.